The predicted molar refractivity (Wildman–Crippen MR) is 21.5 cm³/mol. The van der Waals surface area contributed by atoms with Crippen molar-refractivity contribution in [3.8, 4) is 0 Å². The average Bonchev–Trinajstić information content (AvgIpc) is 1.30. The van der Waals surface area contributed by atoms with Crippen molar-refractivity contribution in [2.75, 3.05) is 6.79 Å². The molecule has 0 rings (SSSR count). The molecule has 44 valence electrons. The van der Waals surface area contributed by atoms with Gasteiger partial charge in [-0.1, -0.05) is 0 Å². The van der Waals surface area contributed by atoms with E-state index in [1.54, 1.807) is 0 Å². The quantitative estimate of drug-likeness (QED) is 0.276. The van der Waals surface area contributed by atoms with Gasteiger partial charge in [-0.2, -0.15) is 0 Å². The van der Waals surface area contributed by atoms with E-state index in [4.69, 9.17) is 5.11 Å². The first-order valence-corrected chi connectivity index (χ1v) is 2.80. The van der Waals surface area contributed by atoms with E-state index in [1.165, 1.54) is 0 Å². The summed E-state index contributed by atoms with van der Waals surface area (Å²) in [5.74, 6) is 0. The third kappa shape index (κ3) is 10.3. The molecule has 0 fully saturated rings. The first-order valence-electron chi connectivity index (χ1n) is 1.34. The van der Waals surface area contributed by atoms with Gasteiger partial charge in [0.1, 0.15) is 6.79 Å². The number of hydrogen-bond donors (Lipinski definition) is 1. The molecule has 0 bridgehead atoms. The van der Waals surface area contributed by atoms with Crippen LogP contribution in [0.5, 0.6) is 0 Å². The van der Waals surface area contributed by atoms with Gasteiger partial charge in [0.2, 0.25) is 0 Å². The molecule has 0 aliphatic heterocycles. The van der Waals surface area contributed by atoms with Gasteiger partial charge in [0.15, 0.2) is 0 Å². The molecule has 0 radical (unpaired) electrons. The molecule has 0 aromatic rings. The zero-order valence-corrected chi connectivity index (χ0v) is 7.04. The number of hydrogen-bond acceptors (Lipinski definition) is 5. The van der Waals surface area contributed by atoms with Crippen LogP contribution in [0.1, 0.15) is 0 Å². The minimum atomic E-state index is -4.92. The summed E-state index contributed by atoms with van der Waals surface area (Å²) < 4.78 is 12.6. The maximum absolute atomic E-state index is 9.32. The van der Waals surface area contributed by atoms with Crippen LogP contribution in [0, 0.1) is 0 Å². The summed E-state index contributed by atoms with van der Waals surface area (Å²) in [6.07, 6.45) is 0. The van der Waals surface area contributed by atoms with Gasteiger partial charge in [-0.3, -0.25) is 0 Å². The fraction of sp³-hybridized carbons (Fsp3) is 1.00. The molecule has 0 aromatic heterocycles. The molecule has 0 atom stereocenters. The molecule has 1 N–H and O–H groups in total. The zero-order chi connectivity index (χ0) is 5.91. The van der Waals surface area contributed by atoms with Gasteiger partial charge in [0.05, 0.1) is 7.82 Å². The summed E-state index contributed by atoms with van der Waals surface area (Å²) in [5, 5.41) is 7.61. The minimum absolute atomic E-state index is 0. The van der Waals surface area contributed by atoms with Crippen molar-refractivity contribution in [2.45, 2.75) is 0 Å². The summed E-state index contributed by atoms with van der Waals surface area (Å²) >= 11 is 0. The van der Waals surface area contributed by atoms with Crippen LogP contribution in [-0.2, 0) is 9.09 Å². The average molecular weight is 166 g/mol. The zero-order valence-electron chi connectivity index (χ0n) is 3.94. The fourth-order valence-corrected chi connectivity index (χ4v) is 0.212. The maximum atomic E-state index is 9.32. The van der Waals surface area contributed by atoms with E-state index >= 15 is 0 Å². The third-order valence-electron chi connectivity index (χ3n) is 0.216. The summed E-state index contributed by atoms with van der Waals surface area (Å²) in [5.41, 5.74) is 0. The molecule has 8 heavy (non-hydrogen) atoms. The molecule has 0 aromatic carbocycles. The second kappa shape index (κ2) is 5.14. The van der Waals surface area contributed by atoms with Crippen LogP contribution in [0.25, 0.3) is 0 Å². The molecule has 7 heteroatoms. The molecule has 0 unspecified atom stereocenters. The van der Waals surface area contributed by atoms with Crippen molar-refractivity contribution in [3.63, 3.8) is 0 Å². The monoisotopic (exact) mass is 166 g/mol. The number of aliphatic hydroxyl groups is 1. The van der Waals surface area contributed by atoms with Gasteiger partial charge < -0.3 is 24.0 Å². The summed E-state index contributed by atoms with van der Waals surface area (Å²) in [6.45, 7) is -1.08. The molecular weight excluding hydrogens is 163 g/mol. The molecule has 5 nitrogen and oxygen atoms in total. The van der Waals surface area contributed by atoms with Crippen molar-refractivity contribution in [2.24, 2.45) is 0 Å². The van der Waals surface area contributed by atoms with Gasteiger partial charge in [-0.25, -0.2) is 0 Å². The normalized spacial score (nSPS) is 10.4. The molecule has 0 aliphatic carbocycles. The predicted octanol–water partition coefficient (Wildman–Crippen LogP) is -2.60. The standard InChI is InChI=1S/CH5O5P.Ca/c2-1-6-7(3,4)5;/h2H,1H2,(H2,3,4,5);/q;+2/p-2. The Balaban J connectivity index is 0. The van der Waals surface area contributed by atoms with Crippen LogP contribution in [0.15, 0.2) is 0 Å². The second-order valence-electron chi connectivity index (χ2n) is 0.705. The first kappa shape index (κ1) is 12.0. The van der Waals surface area contributed by atoms with Crippen molar-refractivity contribution in [1.29, 1.82) is 0 Å². The summed E-state index contributed by atoms with van der Waals surface area (Å²) in [7, 11) is -4.92. The third-order valence-corrected chi connectivity index (χ3v) is 0.648. The Kier molecular flexibility index (Phi) is 7.74. The summed E-state index contributed by atoms with van der Waals surface area (Å²) in [4.78, 5) is 18.6. The van der Waals surface area contributed by atoms with Crippen molar-refractivity contribution >= 4 is 45.6 Å². The van der Waals surface area contributed by atoms with Crippen molar-refractivity contribution < 1.29 is 24.0 Å². The SMILES string of the molecule is O=P([O-])([O-])OCO.[Ca+2]. The Morgan fingerprint density at radius 1 is 1.62 bits per heavy atom. The number of phosphoric acid groups is 1. The minimum Gasteiger partial charge on any atom is -0.790 e. The van der Waals surface area contributed by atoms with E-state index in [0.717, 1.165) is 0 Å². The Morgan fingerprint density at radius 3 is 2.00 bits per heavy atom. The molecular formula is CH3CaO5P. The van der Waals surface area contributed by atoms with E-state index in [2.05, 4.69) is 4.52 Å². The van der Waals surface area contributed by atoms with Gasteiger partial charge >= 0.3 is 37.7 Å². The number of aliphatic hydroxyl groups excluding tert-OH is 1. The number of phosphoric ester groups is 1. The molecule has 0 heterocycles. The van der Waals surface area contributed by atoms with Gasteiger partial charge in [0, 0.05) is 0 Å². The Morgan fingerprint density at radius 2 is 2.00 bits per heavy atom. The van der Waals surface area contributed by atoms with Crippen molar-refractivity contribution in [3.05, 3.63) is 0 Å². The smallest absolute Gasteiger partial charge is 0.790 e. The van der Waals surface area contributed by atoms with Crippen LogP contribution in [0.3, 0.4) is 0 Å². The van der Waals surface area contributed by atoms with Crippen LogP contribution < -0.4 is 9.79 Å². The largest absolute Gasteiger partial charge is 2.00 e. The van der Waals surface area contributed by atoms with Crippen molar-refractivity contribution in [1.82, 2.24) is 0 Å². The van der Waals surface area contributed by atoms with E-state index in [1.807, 2.05) is 0 Å². The fourth-order valence-electron chi connectivity index (χ4n) is 0.0707. The van der Waals surface area contributed by atoms with E-state index in [-0.39, 0.29) is 37.7 Å². The van der Waals surface area contributed by atoms with Crippen LogP contribution in [0.2, 0.25) is 0 Å². The molecule has 0 saturated carbocycles. The van der Waals surface area contributed by atoms with Crippen LogP contribution >= 0.6 is 7.82 Å². The maximum Gasteiger partial charge on any atom is 2.00 e. The van der Waals surface area contributed by atoms with E-state index in [0.29, 0.717) is 0 Å². The first-order chi connectivity index (χ1) is 3.06. The molecule has 0 amide bonds. The van der Waals surface area contributed by atoms with Crippen LogP contribution in [0.4, 0.5) is 0 Å². The Labute approximate surface area is 75.9 Å². The van der Waals surface area contributed by atoms with E-state index < -0.39 is 14.6 Å². The van der Waals surface area contributed by atoms with Gasteiger partial charge in [-0.15, -0.1) is 0 Å². The second-order valence-corrected chi connectivity index (χ2v) is 1.86. The molecule has 0 aliphatic rings. The topological polar surface area (TPSA) is 92.7 Å². The van der Waals surface area contributed by atoms with Gasteiger partial charge in [-0.05, 0) is 0 Å². The summed E-state index contributed by atoms with van der Waals surface area (Å²) in [6, 6.07) is 0. The Bertz CT molecular complexity index is 86.4. The van der Waals surface area contributed by atoms with Gasteiger partial charge in [0.25, 0.3) is 0 Å². The van der Waals surface area contributed by atoms with E-state index in [9.17, 15) is 14.4 Å². The van der Waals surface area contributed by atoms with Crippen LogP contribution in [-0.4, -0.2) is 49.6 Å². The Hall–Kier alpha value is 1.33. The number of rotatable bonds is 2. The molecule has 0 saturated heterocycles. The molecule has 0 spiro atoms.